The molecule has 4 nitrogen and oxygen atoms in total. The highest BCUT2D eigenvalue weighted by atomic mass is 16.5. The number of nitrogens with two attached hydrogens (primary N) is 1. The van der Waals surface area contributed by atoms with Crippen molar-refractivity contribution in [3.05, 3.63) is 0 Å². The lowest BCUT2D eigenvalue weighted by Gasteiger charge is -2.14. The summed E-state index contributed by atoms with van der Waals surface area (Å²) >= 11 is 0. The molecule has 0 aliphatic heterocycles. The molecule has 15 heavy (non-hydrogen) atoms. The highest BCUT2D eigenvalue weighted by Crippen LogP contribution is 2.10. The van der Waals surface area contributed by atoms with E-state index >= 15 is 0 Å². The summed E-state index contributed by atoms with van der Waals surface area (Å²) in [7, 11) is 0. The Hall–Kier alpha value is -0.770. The van der Waals surface area contributed by atoms with Gasteiger partial charge in [0.25, 0.3) is 0 Å². The number of nitrogens with one attached hydrogen (secondary N) is 1. The first-order chi connectivity index (χ1) is 7.20. The summed E-state index contributed by atoms with van der Waals surface area (Å²) in [6.07, 6.45) is 4.31. The number of primary amides is 1. The molecule has 1 amide bonds. The van der Waals surface area contributed by atoms with Crippen molar-refractivity contribution in [1.82, 2.24) is 5.32 Å². The third-order valence-electron chi connectivity index (χ3n) is 2.50. The SMILES string of the molecule is CCCCC(CC)CNCCOC(N)=O. The normalized spacial score (nSPS) is 12.4. The Kier molecular flexibility index (Phi) is 9.27. The van der Waals surface area contributed by atoms with E-state index in [2.05, 4.69) is 23.9 Å². The number of rotatable bonds is 9. The first kappa shape index (κ1) is 14.2. The average Bonchev–Trinajstić information content (AvgIpc) is 2.21. The molecule has 0 heterocycles. The molecule has 0 spiro atoms. The van der Waals surface area contributed by atoms with Crippen molar-refractivity contribution < 1.29 is 9.53 Å². The van der Waals surface area contributed by atoms with E-state index in [4.69, 9.17) is 5.73 Å². The lowest BCUT2D eigenvalue weighted by molar-refractivity contribution is 0.156. The second-order valence-corrected chi connectivity index (χ2v) is 3.79. The van der Waals surface area contributed by atoms with E-state index in [1.807, 2.05) is 0 Å². The van der Waals surface area contributed by atoms with Crippen LogP contribution in [0.25, 0.3) is 0 Å². The van der Waals surface area contributed by atoms with Crippen molar-refractivity contribution in [3.8, 4) is 0 Å². The number of ether oxygens (including phenoxy) is 1. The van der Waals surface area contributed by atoms with Gasteiger partial charge in [-0.05, 0) is 18.9 Å². The van der Waals surface area contributed by atoms with Crippen LogP contribution in [0.5, 0.6) is 0 Å². The van der Waals surface area contributed by atoms with Gasteiger partial charge >= 0.3 is 6.09 Å². The minimum Gasteiger partial charge on any atom is -0.448 e. The quantitative estimate of drug-likeness (QED) is 0.578. The predicted molar refractivity (Wildman–Crippen MR) is 61.7 cm³/mol. The van der Waals surface area contributed by atoms with Gasteiger partial charge < -0.3 is 15.8 Å². The predicted octanol–water partition coefficient (Wildman–Crippen LogP) is 1.89. The highest BCUT2D eigenvalue weighted by Gasteiger charge is 2.04. The van der Waals surface area contributed by atoms with E-state index < -0.39 is 6.09 Å². The van der Waals surface area contributed by atoms with E-state index in [0.717, 1.165) is 12.5 Å². The minimum atomic E-state index is -0.699. The van der Waals surface area contributed by atoms with Gasteiger partial charge in [0.15, 0.2) is 0 Å². The fourth-order valence-corrected chi connectivity index (χ4v) is 1.47. The number of hydrogen-bond donors (Lipinski definition) is 2. The maximum absolute atomic E-state index is 10.3. The van der Waals surface area contributed by atoms with Crippen LogP contribution in [0.3, 0.4) is 0 Å². The molecule has 3 N–H and O–H groups in total. The monoisotopic (exact) mass is 216 g/mol. The summed E-state index contributed by atoms with van der Waals surface area (Å²) in [4.78, 5) is 10.3. The average molecular weight is 216 g/mol. The Morgan fingerprint density at radius 2 is 2.20 bits per heavy atom. The zero-order valence-electron chi connectivity index (χ0n) is 9.92. The molecule has 0 bridgehead atoms. The maximum Gasteiger partial charge on any atom is 0.404 e. The molecule has 0 aromatic rings. The van der Waals surface area contributed by atoms with E-state index in [9.17, 15) is 4.79 Å². The minimum absolute atomic E-state index is 0.361. The Bertz CT molecular complexity index is 163. The van der Waals surface area contributed by atoms with Gasteiger partial charge in [-0.25, -0.2) is 4.79 Å². The summed E-state index contributed by atoms with van der Waals surface area (Å²) in [6, 6.07) is 0. The van der Waals surface area contributed by atoms with Gasteiger partial charge in [0.1, 0.15) is 6.61 Å². The molecule has 0 aliphatic rings. The van der Waals surface area contributed by atoms with Gasteiger partial charge in [0, 0.05) is 6.54 Å². The Balaban J connectivity index is 3.33. The summed E-state index contributed by atoms with van der Waals surface area (Å²) in [5.41, 5.74) is 4.84. The van der Waals surface area contributed by atoms with Crippen LogP contribution in [0.15, 0.2) is 0 Å². The first-order valence-electron chi connectivity index (χ1n) is 5.83. The van der Waals surface area contributed by atoms with Crippen LogP contribution >= 0.6 is 0 Å². The molecule has 0 aliphatic carbocycles. The maximum atomic E-state index is 10.3. The van der Waals surface area contributed by atoms with E-state index in [-0.39, 0.29) is 0 Å². The van der Waals surface area contributed by atoms with Crippen molar-refractivity contribution in [2.45, 2.75) is 39.5 Å². The van der Waals surface area contributed by atoms with Crippen LogP contribution in [-0.2, 0) is 4.74 Å². The zero-order chi connectivity index (χ0) is 11.5. The number of amides is 1. The molecule has 4 heteroatoms. The van der Waals surface area contributed by atoms with Gasteiger partial charge in [0.05, 0.1) is 0 Å². The Morgan fingerprint density at radius 3 is 2.73 bits per heavy atom. The molecule has 1 unspecified atom stereocenters. The Morgan fingerprint density at radius 1 is 1.47 bits per heavy atom. The molecule has 1 atom stereocenters. The smallest absolute Gasteiger partial charge is 0.404 e. The Labute approximate surface area is 92.6 Å². The molecular weight excluding hydrogens is 192 g/mol. The number of unbranched alkanes of at least 4 members (excludes halogenated alkanes) is 1. The molecule has 0 fully saturated rings. The van der Waals surface area contributed by atoms with Crippen molar-refractivity contribution >= 4 is 6.09 Å². The molecular formula is C11H24N2O2. The van der Waals surface area contributed by atoms with Crippen LogP contribution in [0.2, 0.25) is 0 Å². The van der Waals surface area contributed by atoms with Gasteiger partial charge in [-0.1, -0.05) is 33.1 Å². The second-order valence-electron chi connectivity index (χ2n) is 3.79. The summed E-state index contributed by atoms with van der Waals surface area (Å²) < 4.78 is 4.61. The third kappa shape index (κ3) is 9.53. The number of hydrogen-bond acceptors (Lipinski definition) is 3. The van der Waals surface area contributed by atoms with Gasteiger partial charge in [-0.15, -0.1) is 0 Å². The lowest BCUT2D eigenvalue weighted by Crippen LogP contribution is -2.28. The van der Waals surface area contributed by atoms with Crippen molar-refractivity contribution in [2.75, 3.05) is 19.7 Å². The van der Waals surface area contributed by atoms with Gasteiger partial charge in [-0.3, -0.25) is 0 Å². The third-order valence-corrected chi connectivity index (χ3v) is 2.50. The van der Waals surface area contributed by atoms with E-state index in [1.54, 1.807) is 0 Å². The topological polar surface area (TPSA) is 64.3 Å². The van der Waals surface area contributed by atoms with Crippen LogP contribution in [-0.4, -0.2) is 25.8 Å². The first-order valence-corrected chi connectivity index (χ1v) is 5.83. The summed E-state index contributed by atoms with van der Waals surface area (Å²) in [6.45, 7) is 6.46. The van der Waals surface area contributed by atoms with Crippen LogP contribution < -0.4 is 11.1 Å². The fourth-order valence-electron chi connectivity index (χ4n) is 1.47. The van der Waals surface area contributed by atoms with Crippen molar-refractivity contribution in [1.29, 1.82) is 0 Å². The number of carbonyl (C=O) groups is 1. The lowest BCUT2D eigenvalue weighted by atomic mass is 9.99. The zero-order valence-corrected chi connectivity index (χ0v) is 9.92. The standard InChI is InChI=1S/C11H24N2O2/c1-3-5-6-10(4-2)9-13-7-8-15-11(12)14/h10,13H,3-9H2,1-2H3,(H2,12,14). The molecule has 0 saturated heterocycles. The van der Waals surface area contributed by atoms with Gasteiger partial charge in [-0.2, -0.15) is 0 Å². The largest absolute Gasteiger partial charge is 0.448 e. The fraction of sp³-hybridized carbons (Fsp3) is 0.909. The van der Waals surface area contributed by atoms with Crippen molar-refractivity contribution in [2.24, 2.45) is 11.7 Å². The van der Waals surface area contributed by atoms with Crippen LogP contribution in [0.1, 0.15) is 39.5 Å². The second kappa shape index (κ2) is 9.77. The summed E-state index contributed by atoms with van der Waals surface area (Å²) in [5, 5.41) is 3.27. The number of carbonyl (C=O) groups excluding carboxylic acids is 1. The molecule has 0 saturated carbocycles. The molecule has 0 radical (unpaired) electrons. The molecule has 90 valence electrons. The van der Waals surface area contributed by atoms with Crippen LogP contribution in [0, 0.1) is 5.92 Å². The van der Waals surface area contributed by atoms with E-state index in [1.165, 1.54) is 25.7 Å². The van der Waals surface area contributed by atoms with Gasteiger partial charge in [0.2, 0.25) is 0 Å². The summed E-state index contributed by atoms with van der Waals surface area (Å²) in [5.74, 6) is 0.735. The van der Waals surface area contributed by atoms with Crippen LogP contribution in [0.4, 0.5) is 4.79 Å². The molecule has 0 rings (SSSR count). The van der Waals surface area contributed by atoms with Crippen molar-refractivity contribution in [3.63, 3.8) is 0 Å². The van der Waals surface area contributed by atoms with E-state index in [0.29, 0.717) is 13.2 Å². The molecule has 0 aromatic carbocycles. The molecule has 0 aromatic heterocycles. The highest BCUT2D eigenvalue weighted by molar-refractivity contribution is 5.64.